The highest BCUT2D eigenvalue weighted by atomic mass is 79.9. The summed E-state index contributed by atoms with van der Waals surface area (Å²) in [6.07, 6.45) is 3.28. The van der Waals surface area contributed by atoms with Gasteiger partial charge in [-0.05, 0) is 15.9 Å². The second-order valence-electron chi connectivity index (χ2n) is 2.93. The van der Waals surface area contributed by atoms with Gasteiger partial charge in [-0.1, -0.05) is 0 Å². The van der Waals surface area contributed by atoms with E-state index >= 15 is 0 Å². The maximum Gasteiger partial charge on any atom is 0.0915 e. The van der Waals surface area contributed by atoms with Gasteiger partial charge in [0.15, 0.2) is 0 Å². The first-order valence-electron chi connectivity index (χ1n) is 3.86. The number of hydrogen-bond acceptors (Lipinski definition) is 3. The fraction of sp³-hybridized carbons (Fsp3) is 0.571. The Balaban J connectivity index is 2.19. The van der Waals surface area contributed by atoms with Crippen molar-refractivity contribution < 1.29 is 5.11 Å². The number of aliphatic hydroxyl groups is 1. The van der Waals surface area contributed by atoms with Crippen molar-refractivity contribution in [1.82, 2.24) is 15.1 Å². The van der Waals surface area contributed by atoms with Crippen molar-refractivity contribution in [2.75, 3.05) is 13.1 Å². The molecule has 2 N–H and O–H groups in total. The van der Waals surface area contributed by atoms with Gasteiger partial charge in [-0.15, -0.1) is 0 Å². The van der Waals surface area contributed by atoms with E-state index in [1.54, 1.807) is 10.9 Å². The number of halogens is 1. The minimum absolute atomic E-state index is 0.0799. The van der Waals surface area contributed by atoms with Crippen LogP contribution < -0.4 is 5.32 Å². The molecule has 1 aromatic heterocycles. The number of hydrogen-bond donors (Lipinski definition) is 2. The molecule has 12 heavy (non-hydrogen) atoms. The van der Waals surface area contributed by atoms with E-state index in [4.69, 9.17) is 0 Å². The molecule has 1 aromatic rings. The minimum Gasteiger partial charge on any atom is -0.390 e. The van der Waals surface area contributed by atoms with Crippen LogP contribution in [0.3, 0.4) is 0 Å². The Bertz CT molecular complexity index is 275. The molecule has 0 spiro atoms. The first-order chi connectivity index (χ1) is 5.77. The molecular formula is C7H10BrN3O. The van der Waals surface area contributed by atoms with Crippen molar-refractivity contribution in [1.29, 1.82) is 0 Å². The van der Waals surface area contributed by atoms with E-state index < -0.39 is 0 Å². The lowest BCUT2D eigenvalue weighted by Crippen LogP contribution is -2.22. The first kappa shape index (κ1) is 8.22. The lowest BCUT2D eigenvalue weighted by atomic mass is 10.2. The monoisotopic (exact) mass is 231 g/mol. The average molecular weight is 232 g/mol. The summed E-state index contributed by atoms with van der Waals surface area (Å²) in [5.41, 5.74) is 0. The molecule has 1 saturated heterocycles. The Labute approximate surface area is 78.7 Å². The lowest BCUT2D eigenvalue weighted by Gasteiger charge is -2.12. The fourth-order valence-electron chi connectivity index (χ4n) is 1.42. The summed E-state index contributed by atoms with van der Waals surface area (Å²) >= 11 is 3.31. The number of rotatable bonds is 1. The van der Waals surface area contributed by atoms with E-state index in [9.17, 15) is 5.11 Å². The Kier molecular flexibility index (Phi) is 2.16. The molecular weight excluding hydrogens is 222 g/mol. The molecule has 0 aliphatic carbocycles. The molecule has 2 atom stereocenters. The van der Waals surface area contributed by atoms with Crippen molar-refractivity contribution in [2.45, 2.75) is 12.1 Å². The van der Waals surface area contributed by atoms with Crippen molar-refractivity contribution in [2.24, 2.45) is 0 Å². The Morgan fingerprint density at radius 2 is 2.50 bits per heavy atom. The van der Waals surface area contributed by atoms with E-state index in [2.05, 4.69) is 26.3 Å². The normalized spacial score (nSPS) is 29.5. The van der Waals surface area contributed by atoms with Crippen LogP contribution in [0, 0.1) is 0 Å². The number of aliphatic hydroxyl groups excluding tert-OH is 1. The largest absolute Gasteiger partial charge is 0.390 e. The molecule has 2 unspecified atom stereocenters. The van der Waals surface area contributed by atoms with E-state index in [-0.39, 0.29) is 12.1 Å². The number of aromatic nitrogens is 2. The van der Waals surface area contributed by atoms with E-state index in [0.717, 1.165) is 11.0 Å². The Morgan fingerprint density at radius 1 is 1.67 bits per heavy atom. The van der Waals surface area contributed by atoms with Crippen molar-refractivity contribution in [3.8, 4) is 0 Å². The molecule has 5 heteroatoms. The van der Waals surface area contributed by atoms with Gasteiger partial charge in [-0.3, -0.25) is 4.68 Å². The molecule has 0 radical (unpaired) electrons. The third kappa shape index (κ3) is 1.39. The maximum atomic E-state index is 9.51. The summed E-state index contributed by atoms with van der Waals surface area (Å²) in [4.78, 5) is 0. The van der Waals surface area contributed by atoms with Crippen molar-refractivity contribution in [3.05, 3.63) is 16.9 Å². The van der Waals surface area contributed by atoms with Gasteiger partial charge >= 0.3 is 0 Å². The van der Waals surface area contributed by atoms with Crippen LogP contribution in [0.5, 0.6) is 0 Å². The van der Waals surface area contributed by atoms with Gasteiger partial charge in [-0.2, -0.15) is 5.10 Å². The zero-order chi connectivity index (χ0) is 8.55. The summed E-state index contributed by atoms with van der Waals surface area (Å²) in [7, 11) is 0. The zero-order valence-electron chi connectivity index (χ0n) is 6.44. The smallest absolute Gasteiger partial charge is 0.0915 e. The highest BCUT2D eigenvalue weighted by Gasteiger charge is 2.26. The SMILES string of the molecule is OC1CNCC1n1cc(Br)cn1. The van der Waals surface area contributed by atoms with Crippen LogP contribution in [0.2, 0.25) is 0 Å². The molecule has 0 bridgehead atoms. The first-order valence-corrected chi connectivity index (χ1v) is 4.65. The predicted molar refractivity (Wildman–Crippen MR) is 47.8 cm³/mol. The molecule has 0 amide bonds. The van der Waals surface area contributed by atoms with E-state index in [0.29, 0.717) is 6.54 Å². The second kappa shape index (κ2) is 3.16. The third-order valence-corrected chi connectivity index (χ3v) is 2.47. The van der Waals surface area contributed by atoms with Gasteiger partial charge in [0.25, 0.3) is 0 Å². The van der Waals surface area contributed by atoms with Gasteiger partial charge in [0.05, 0.1) is 22.8 Å². The standard InChI is InChI=1S/C7H10BrN3O/c8-5-1-10-11(4-5)6-2-9-3-7(6)12/h1,4,6-7,9,12H,2-3H2. The topological polar surface area (TPSA) is 50.1 Å². The minimum atomic E-state index is -0.322. The summed E-state index contributed by atoms with van der Waals surface area (Å²) in [6, 6.07) is 0.0799. The van der Waals surface area contributed by atoms with Crippen LogP contribution in [0.15, 0.2) is 16.9 Å². The predicted octanol–water partition coefficient (Wildman–Crippen LogP) is 0.151. The van der Waals surface area contributed by atoms with Crippen LogP contribution in [-0.2, 0) is 0 Å². The summed E-state index contributed by atoms with van der Waals surface area (Å²) in [5.74, 6) is 0. The Hall–Kier alpha value is -0.390. The summed E-state index contributed by atoms with van der Waals surface area (Å²) < 4.78 is 2.73. The molecule has 4 nitrogen and oxygen atoms in total. The van der Waals surface area contributed by atoms with Gasteiger partial charge in [0, 0.05) is 19.3 Å². The molecule has 66 valence electrons. The molecule has 0 aromatic carbocycles. The third-order valence-electron chi connectivity index (χ3n) is 2.06. The molecule has 1 fully saturated rings. The van der Waals surface area contributed by atoms with Gasteiger partial charge in [0.1, 0.15) is 0 Å². The van der Waals surface area contributed by atoms with E-state index in [1.165, 1.54) is 0 Å². The second-order valence-corrected chi connectivity index (χ2v) is 3.85. The van der Waals surface area contributed by atoms with Crippen LogP contribution in [0.4, 0.5) is 0 Å². The van der Waals surface area contributed by atoms with Crippen LogP contribution in [-0.4, -0.2) is 34.1 Å². The molecule has 1 aliphatic heterocycles. The molecule has 1 aliphatic rings. The highest BCUT2D eigenvalue weighted by Crippen LogP contribution is 2.17. The quantitative estimate of drug-likeness (QED) is 0.724. The number of β-amino-alcohol motifs (C(OH)–C–C–N with tert-alkyl or cyclic N) is 1. The zero-order valence-corrected chi connectivity index (χ0v) is 8.03. The number of nitrogens with zero attached hydrogens (tertiary/aromatic N) is 2. The fourth-order valence-corrected chi connectivity index (χ4v) is 1.72. The van der Waals surface area contributed by atoms with Gasteiger partial charge in [0.2, 0.25) is 0 Å². The Morgan fingerprint density at radius 3 is 3.00 bits per heavy atom. The highest BCUT2D eigenvalue weighted by molar-refractivity contribution is 9.10. The molecule has 0 saturated carbocycles. The van der Waals surface area contributed by atoms with Crippen molar-refractivity contribution >= 4 is 15.9 Å². The lowest BCUT2D eigenvalue weighted by molar-refractivity contribution is 0.145. The average Bonchev–Trinajstić information content (AvgIpc) is 2.58. The van der Waals surface area contributed by atoms with Crippen molar-refractivity contribution in [3.63, 3.8) is 0 Å². The summed E-state index contributed by atoms with van der Waals surface area (Å²) in [6.45, 7) is 1.44. The molecule has 2 rings (SSSR count). The van der Waals surface area contributed by atoms with Crippen LogP contribution in [0.25, 0.3) is 0 Å². The van der Waals surface area contributed by atoms with Crippen LogP contribution in [0.1, 0.15) is 6.04 Å². The molecule has 2 heterocycles. The van der Waals surface area contributed by atoms with Crippen LogP contribution >= 0.6 is 15.9 Å². The van der Waals surface area contributed by atoms with E-state index in [1.807, 2.05) is 6.20 Å². The number of nitrogens with one attached hydrogen (secondary N) is 1. The maximum absolute atomic E-state index is 9.51. The van der Waals surface area contributed by atoms with Gasteiger partial charge < -0.3 is 10.4 Å². The summed E-state index contributed by atoms with van der Waals surface area (Å²) in [5, 5.41) is 16.7. The van der Waals surface area contributed by atoms with Gasteiger partial charge in [-0.25, -0.2) is 0 Å².